The van der Waals surface area contributed by atoms with E-state index in [1.807, 2.05) is 0 Å². The first-order valence-electron chi connectivity index (χ1n) is 4.12. The van der Waals surface area contributed by atoms with Crippen LogP contribution in [0.5, 0.6) is 0 Å². The van der Waals surface area contributed by atoms with Crippen LogP contribution in [0, 0.1) is 0 Å². The third kappa shape index (κ3) is 1.45. The second-order valence-corrected chi connectivity index (χ2v) is 2.83. The lowest BCUT2D eigenvalue weighted by Crippen LogP contribution is -2.28. The molecule has 1 saturated heterocycles. The van der Waals surface area contributed by atoms with Crippen molar-refractivity contribution < 1.29 is 0 Å². The Balaban J connectivity index is 2.32. The minimum absolute atomic E-state index is 0.912. The van der Waals surface area contributed by atoms with Crippen LogP contribution in [0.15, 0.2) is 0 Å². The van der Waals surface area contributed by atoms with Crippen molar-refractivity contribution in [3.8, 4) is 0 Å². The van der Waals surface area contributed by atoms with Crippen molar-refractivity contribution in [3.63, 3.8) is 0 Å². The van der Waals surface area contributed by atoms with Crippen molar-refractivity contribution in [2.45, 2.75) is 39.2 Å². The third-order valence-corrected chi connectivity index (χ3v) is 2.38. The summed E-state index contributed by atoms with van der Waals surface area (Å²) in [6.45, 7) is 7.14. The van der Waals surface area contributed by atoms with Gasteiger partial charge in [0, 0.05) is 6.04 Å². The summed E-state index contributed by atoms with van der Waals surface area (Å²) in [5.41, 5.74) is 0. The number of nitrogens with zero attached hydrogens (tertiary/aromatic N) is 1. The highest BCUT2D eigenvalue weighted by Crippen LogP contribution is 2.18. The quantitative estimate of drug-likeness (QED) is 0.547. The summed E-state index contributed by atoms with van der Waals surface area (Å²) in [7, 11) is 0. The summed E-state index contributed by atoms with van der Waals surface area (Å²) in [5.74, 6) is 0. The molecular formula is C8H17N. The molecule has 0 aromatic heterocycles. The number of hydrogen-bond donors (Lipinski definition) is 0. The Kier molecular flexibility index (Phi) is 2.52. The van der Waals surface area contributed by atoms with E-state index in [1.165, 1.54) is 32.4 Å². The Labute approximate surface area is 58.0 Å². The molecule has 0 bridgehead atoms. The van der Waals surface area contributed by atoms with Gasteiger partial charge in [0.1, 0.15) is 0 Å². The van der Waals surface area contributed by atoms with Crippen LogP contribution >= 0.6 is 0 Å². The molecule has 0 radical (unpaired) electrons. The first kappa shape index (κ1) is 7.07. The van der Waals surface area contributed by atoms with E-state index in [-0.39, 0.29) is 0 Å². The van der Waals surface area contributed by atoms with Crippen LogP contribution in [0.1, 0.15) is 33.1 Å². The van der Waals surface area contributed by atoms with Crippen molar-refractivity contribution >= 4 is 0 Å². The molecule has 1 aliphatic heterocycles. The summed E-state index contributed by atoms with van der Waals surface area (Å²) in [4.78, 5) is 2.58. The molecule has 1 heterocycles. The SMILES string of the molecule is CCC1CCCN1CC. The Morgan fingerprint density at radius 1 is 1.44 bits per heavy atom. The maximum atomic E-state index is 2.58. The Bertz CT molecular complexity index is 70.6. The number of rotatable bonds is 2. The molecule has 1 aliphatic rings. The fourth-order valence-corrected chi connectivity index (χ4v) is 1.77. The van der Waals surface area contributed by atoms with Gasteiger partial charge >= 0.3 is 0 Å². The van der Waals surface area contributed by atoms with Gasteiger partial charge in [-0.3, -0.25) is 0 Å². The molecule has 0 aromatic carbocycles. The lowest BCUT2D eigenvalue weighted by atomic mass is 10.2. The average molecular weight is 127 g/mol. The van der Waals surface area contributed by atoms with Crippen molar-refractivity contribution in [2.24, 2.45) is 0 Å². The van der Waals surface area contributed by atoms with Gasteiger partial charge in [-0.2, -0.15) is 0 Å². The predicted octanol–water partition coefficient (Wildman–Crippen LogP) is 1.88. The van der Waals surface area contributed by atoms with Gasteiger partial charge in [-0.25, -0.2) is 0 Å². The van der Waals surface area contributed by atoms with Crippen LogP contribution in [0.25, 0.3) is 0 Å². The largest absolute Gasteiger partial charge is 0.301 e. The highest BCUT2D eigenvalue weighted by molar-refractivity contribution is 4.76. The summed E-state index contributed by atoms with van der Waals surface area (Å²) in [5, 5.41) is 0. The van der Waals surface area contributed by atoms with E-state index in [0.717, 1.165) is 6.04 Å². The molecule has 0 saturated carbocycles. The molecule has 1 rings (SSSR count). The molecule has 1 unspecified atom stereocenters. The first-order valence-corrected chi connectivity index (χ1v) is 4.12. The van der Waals surface area contributed by atoms with E-state index in [4.69, 9.17) is 0 Å². The van der Waals surface area contributed by atoms with Crippen LogP contribution in [-0.2, 0) is 0 Å². The summed E-state index contributed by atoms with van der Waals surface area (Å²) >= 11 is 0. The zero-order valence-corrected chi connectivity index (χ0v) is 6.56. The lowest BCUT2D eigenvalue weighted by molar-refractivity contribution is 0.262. The standard InChI is InChI=1S/C8H17N/c1-3-8-6-5-7-9(8)4-2/h8H,3-7H2,1-2H3. The van der Waals surface area contributed by atoms with Crippen LogP contribution in [-0.4, -0.2) is 24.0 Å². The van der Waals surface area contributed by atoms with E-state index in [2.05, 4.69) is 18.7 Å². The van der Waals surface area contributed by atoms with Gasteiger partial charge in [0.05, 0.1) is 0 Å². The summed E-state index contributed by atoms with van der Waals surface area (Å²) in [6.07, 6.45) is 4.20. The Morgan fingerprint density at radius 3 is 2.67 bits per heavy atom. The molecule has 0 amide bonds. The second kappa shape index (κ2) is 3.21. The smallest absolute Gasteiger partial charge is 0.00929 e. The highest BCUT2D eigenvalue weighted by Gasteiger charge is 2.20. The maximum Gasteiger partial charge on any atom is 0.00929 e. The van der Waals surface area contributed by atoms with Crippen molar-refractivity contribution in [1.29, 1.82) is 0 Å². The lowest BCUT2D eigenvalue weighted by Gasteiger charge is -2.20. The molecule has 0 aromatic rings. The first-order chi connectivity index (χ1) is 4.38. The highest BCUT2D eigenvalue weighted by atomic mass is 15.2. The topological polar surface area (TPSA) is 3.24 Å². The molecule has 1 nitrogen and oxygen atoms in total. The van der Waals surface area contributed by atoms with E-state index < -0.39 is 0 Å². The van der Waals surface area contributed by atoms with Crippen LogP contribution in [0.3, 0.4) is 0 Å². The van der Waals surface area contributed by atoms with Gasteiger partial charge in [-0.05, 0) is 32.4 Å². The molecule has 0 spiro atoms. The molecular weight excluding hydrogens is 110 g/mol. The van der Waals surface area contributed by atoms with E-state index >= 15 is 0 Å². The third-order valence-electron chi connectivity index (χ3n) is 2.38. The van der Waals surface area contributed by atoms with Gasteiger partial charge in [0.15, 0.2) is 0 Å². The van der Waals surface area contributed by atoms with Gasteiger partial charge < -0.3 is 4.90 Å². The second-order valence-electron chi connectivity index (χ2n) is 2.83. The zero-order valence-electron chi connectivity index (χ0n) is 6.56. The molecule has 1 atom stereocenters. The van der Waals surface area contributed by atoms with Crippen molar-refractivity contribution in [1.82, 2.24) is 4.90 Å². The Morgan fingerprint density at radius 2 is 2.22 bits per heavy atom. The van der Waals surface area contributed by atoms with Gasteiger partial charge in [0.2, 0.25) is 0 Å². The van der Waals surface area contributed by atoms with Crippen molar-refractivity contribution in [3.05, 3.63) is 0 Å². The molecule has 54 valence electrons. The minimum atomic E-state index is 0.912. The van der Waals surface area contributed by atoms with Crippen LogP contribution in [0.4, 0.5) is 0 Å². The fourth-order valence-electron chi connectivity index (χ4n) is 1.77. The van der Waals surface area contributed by atoms with Crippen LogP contribution in [0.2, 0.25) is 0 Å². The monoisotopic (exact) mass is 127 g/mol. The number of likely N-dealkylation sites (tertiary alicyclic amines) is 1. The molecule has 1 fully saturated rings. The van der Waals surface area contributed by atoms with Gasteiger partial charge in [0.25, 0.3) is 0 Å². The van der Waals surface area contributed by atoms with Crippen molar-refractivity contribution in [2.75, 3.05) is 13.1 Å². The molecule has 0 N–H and O–H groups in total. The van der Waals surface area contributed by atoms with Crippen LogP contribution < -0.4 is 0 Å². The Hall–Kier alpha value is -0.0400. The fraction of sp³-hybridized carbons (Fsp3) is 1.00. The van der Waals surface area contributed by atoms with E-state index in [1.54, 1.807) is 0 Å². The maximum absolute atomic E-state index is 2.58. The summed E-state index contributed by atoms with van der Waals surface area (Å²) in [6, 6.07) is 0.912. The minimum Gasteiger partial charge on any atom is -0.301 e. The molecule has 1 heteroatoms. The predicted molar refractivity (Wildman–Crippen MR) is 40.6 cm³/mol. The summed E-state index contributed by atoms with van der Waals surface area (Å²) < 4.78 is 0. The molecule has 0 aliphatic carbocycles. The van der Waals surface area contributed by atoms with Gasteiger partial charge in [-0.15, -0.1) is 0 Å². The van der Waals surface area contributed by atoms with Gasteiger partial charge in [-0.1, -0.05) is 13.8 Å². The van der Waals surface area contributed by atoms with E-state index in [0.29, 0.717) is 0 Å². The average Bonchev–Trinajstić information content (AvgIpc) is 2.33. The normalized spacial score (nSPS) is 29.3. The van der Waals surface area contributed by atoms with E-state index in [9.17, 15) is 0 Å². The number of hydrogen-bond acceptors (Lipinski definition) is 1. The zero-order chi connectivity index (χ0) is 6.69. The molecule has 9 heavy (non-hydrogen) atoms.